The summed E-state index contributed by atoms with van der Waals surface area (Å²) in [4.78, 5) is 14.3. The van der Waals surface area contributed by atoms with Crippen LogP contribution in [-0.2, 0) is 4.79 Å². The molecular formula is C17H26N2O. The maximum Gasteiger partial charge on any atom is 0.241 e. The van der Waals surface area contributed by atoms with E-state index in [1.165, 1.54) is 17.5 Å². The van der Waals surface area contributed by atoms with Gasteiger partial charge < -0.3 is 4.90 Å². The van der Waals surface area contributed by atoms with Crippen LogP contribution in [0.1, 0.15) is 50.9 Å². The number of nitrogens with zero attached hydrogens (tertiary/aromatic N) is 1. The lowest BCUT2D eigenvalue weighted by molar-refractivity contribution is -0.129. The summed E-state index contributed by atoms with van der Waals surface area (Å²) in [6.45, 7) is 9.33. The van der Waals surface area contributed by atoms with Crippen molar-refractivity contribution in [3.05, 3.63) is 35.4 Å². The van der Waals surface area contributed by atoms with Crippen molar-refractivity contribution in [1.29, 1.82) is 0 Å². The van der Waals surface area contributed by atoms with Crippen LogP contribution in [0.3, 0.4) is 0 Å². The van der Waals surface area contributed by atoms with Gasteiger partial charge in [-0.2, -0.15) is 0 Å². The zero-order valence-corrected chi connectivity index (χ0v) is 13.0. The second-order valence-electron chi connectivity index (χ2n) is 6.27. The Morgan fingerprint density at radius 1 is 1.25 bits per heavy atom. The van der Waals surface area contributed by atoms with Crippen molar-refractivity contribution < 1.29 is 4.79 Å². The Labute approximate surface area is 122 Å². The minimum Gasteiger partial charge on any atom is -0.322 e. The molecule has 1 aromatic carbocycles. The Bertz CT molecular complexity index is 453. The number of amides is 1. The van der Waals surface area contributed by atoms with E-state index in [-0.39, 0.29) is 18.1 Å². The Morgan fingerprint density at radius 2 is 1.90 bits per heavy atom. The van der Waals surface area contributed by atoms with Crippen molar-refractivity contribution in [2.75, 3.05) is 6.54 Å². The third-order valence-electron chi connectivity index (χ3n) is 3.95. The number of hydrogen-bond acceptors (Lipinski definition) is 2. The molecule has 0 radical (unpaired) electrons. The first kappa shape index (κ1) is 15.0. The van der Waals surface area contributed by atoms with E-state index in [9.17, 15) is 4.79 Å². The highest BCUT2D eigenvalue weighted by Gasteiger charge is 2.36. The molecule has 0 bridgehead atoms. The van der Waals surface area contributed by atoms with E-state index in [1.807, 2.05) is 11.8 Å². The van der Waals surface area contributed by atoms with Gasteiger partial charge in [0.05, 0.1) is 6.04 Å². The molecule has 0 aliphatic carbocycles. The van der Waals surface area contributed by atoms with Gasteiger partial charge in [-0.05, 0) is 38.2 Å². The number of hydrogen-bond donors (Lipinski definition) is 1. The average Bonchev–Trinajstić information content (AvgIpc) is 2.67. The Hall–Kier alpha value is -1.35. The normalized spacial score (nSPS) is 22.9. The molecule has 2 atom stereocenters. The van der Waals surface area contributed by atoms with Gasteiger partial charge >= 0.3 is 0 Å². The summed E-state index contributed by atoms with van der Waals surface area (Å²) in [5, 5.41) is 3.40. The summed E-state index contributed by atoms with van der Waals surface area (Å²) in [5.74, 6) is 0.912. The van der Waals surface area contributed by atoms with Crippen molar-refractivity contribution >= 4 is 5.91 Å². The number of benzene rings is 1. The highest BCUT2D eigenvalue weighted by atomic mass is 16.2. The molecule has 3 heteroatoms. The molecule has 1 fully saturated rings. The molecule has 0 aromatic heterocycles. The molecule has 1 saturated heterocycles. The third-order valence-corrected chi connectivity index (χ3v) is 3.95. The lowest BCUT2D eigenvalue weighted by atomic mass is 10.1. The van der Waals surface area contributed by atoms with Gasteiger partial charge in [-0.3, -0.25) is 10.1 Å². The van der Waals surface area contributed by atoms with E-state index < -0.39 is 0 Å². The fourth-order valence-corrected chi connectivity index (χ4v) is 2.71. The van der Waals surface area contributed by atoms with Crippen LogP contribution in [0.4, 0.5) is 0 Å². The van der Waals surface area contributed by atoms with Crippen molar-refractivity contribution in [2.24, 2.45) is 5.92 Å². The summed E-state index contributed by atoms with van der Waals surface area (Å²) in [6.07, 6.45) is 2.27. The number of carbonyl (C=O) groups excluding carboxylic acids is 1. The number of carbonyl (C=O) groups is 1. The monoisotopic (exact) mass is 274 g/mol. The molecule has 3 nitrogen and oxygen atoms in total. The maximum atomic E-state index is 12.3. The lowest BCUT2D eigenvalue weighted by Crippen LogP contribution is -2.31. The molecule has 20 heavy (non-hydrogen) atoms. The molecule has 2 rings (SSSR count). The highest BCUT2D eigenvalue weighted by molar-refractivity contribution is 5.84. The van der Waals surface area contributed by atoms with Crippen molar-refractivity contribution in [3.63, 3.8) is 0 Å². The molecule has 0 spiro atoms. The van der Waals surface area contributed by atoms with Gasteiger partial charge in [-0.25, -0.2) is 0 Å². The molecule has 1 heterocycles. The van der Waals surface area contributed by atoms with Crippen LogP contribution in [0.25, 0.3) is 0 Å². The van der Waals surface area contributed by atoms with Gasteiger partial charge in [0.25, 0.3) is 0 Å². The van der Waals surface area contributed by atoms with E-state index in [4.69, 9.17) is 0 Å². The van der Waals surface area contributed by atoms with Crippen LogP contribution in [0.2, 0.25) is 0 Å². The number of nitrogens with one attached hydrogen (secondary N) is 1. The molecule has 1 amide bonds. The Kier molecular flexibility index (Phi) is 4.81. The largest absolute Gasteiger partial charge is 0.322 e. The van der Waals surface area contributed by atoms with Crippen LogP contribution in [-0.4, -0.2) is 23.4 Å². The average molecular weight is 274 g/mol. The summed E-state index contributed by atoms with van der Waals surface area (Å²) < 4.78 is 0. The lowest BCUT2D eigenvalue weighted by Gasteiger charge is -2.25. The molecule has 1 aliphatic rings. The quantitative estimate of drug-likeness (QED) is 0.894. The smallest absolute Gasteiger partial charge is 0.241 e. The molecule has 1 aliphatic heterocycles. The van der Waals surface area contributed by atoms with Gasteiger partial charge in [0, 0.05) is 6.54 Å². The minimum absolute atomic E-state index is 0.0327. The molecule has 2 unspecified atom stereocenters. The van der Waals surface area contributed by atoms with Crippen LogP contribution in [0, 0.1) is 12.8 Å². The molecule has 0 saturated carbocycles. The second-order valence-corrected chi connectivity index (χ2v) is 6.27. The van der Waals surface area contributed by atoms with E-state index in [2.05, 4.69) is 50.4 Å². The first-order valence-electron chi connectivity index (χ1n) is 7.62. The van der Waals surface area contributed by atoms with Gasteiger partial charge in [0.15, 0.2) is 0 Å². The van der Waals surface area contributed by atoms with Crippen molar-refractivity contribution in [2.45, 2.75) is 52.7 Å². The van der Waals surface area contributed by atoms with E-state index >= 15 is 0 Å². The fraction of sp³-hybridized carbons (Fsp3) is 0.588. The maximum absolute atomic E-state index is 12.3. The van der Waals surface area contributed by atoms with Crippen LogP contribution >= 0.6 is 0 Å². The van der Waals surface area contributed by atoms with Crippen LogP contribution in [0.15, 0.2) is 24.3 Å². The summed E-state index contributed by atoms with van der Waals surface area (Å²) in [5.41, 5.74) is 2.43. The first-order valence-corrected chi connectivity index (χ1v) is 7.62. The van der Waals surface area contributed by atoms with E-state index in [1.54, 1.807) is 0 Å². The zero-order chi connectivity index (χ0) is 14.7. The third kappa shape index (κ3) is 3.40. The highest BCUT2D eigenvalue weighted by Crippen LogP contribution is 2.26. The predicted octanol–water partition coefficient (Wildman–Crippen LogP) is 3.25. The SMILES string of the molecule is Cc1ccc(C2NC(C)C(=O)N2CCCC(C)C)cc1. The van der Waals surface area contributed by atoms with Crippen molar-refractivity contribution in [1.82, 2.24) is 10.2 Å². The Morgan fingerprint density at radius 3 is 2.50 bits per heavy atom. The van der Waals surface area contributed by atoms with E-state index in [0.29, 0.717) is 5.92 Å². The summed E-state index contributed by atoms with van der Waals surface area (Å²) >= 11 is 0. The molecule has 1 N–H and O–H groups in total. The van der Waals surface area contributed by atoms with Crippen LogP contribution in [0.5, 0.6) is 0 Å². The van der Waals surface area contributed by atoms with Crippen LogP contribution < -0.4 is 5.32 Å². The predicted molar refractivity (Wildman–Crippen MR) is 82.3 cm³/mol. The van der Waals surface area contributed by atoms with Gasteiger partial charge in [-0.1, -0.05) is 43.7 Å². The summed E-state index contributed by atoms with van der Waals surface area (Å²) in [7, 11) is 0. The topological polar surface area (TPSA) is 32.3 Å². The number of rotatable bonds is 5. The van der Waals surface area contributed by atoms with E-state index in [0.717, 1.165) is 13.0 Å². The Balaban J connectivity index is 2.09. The minimum atomic E-state index is -0.0830. The fourth-order valence-electron chi connectivity index (χ4n) is 2.71. The molecule has 110 valence electrons. The van der Waals surface area contributed by atoms with Gasteiger partial charge in [0.1, 0.15) is 6.17 Å². The zero-order valence-electron chi connectivity index (χ0n) is 13.0. The first-order chi connectivity index (χ1) is 9.49. The van der Waals surface area contributed by atoms with Crippen molar-refractivity contribution in [3.8, 4) is 0 Å². The van der Waals surface area contributed by atoms with Gasteiger partial charge in [0.2, 0.25) is 5.91 Å². The molecule has 1 aromatic rings. The summed E-state index contributed by atoms with van der Waals surface area (Å²) in [6, 6.07) is 8.37. The standard InChI is InChI=1S/C17H26N2O/c1-12(2)6-5-11-19-16(18-14(4)17(19)20)15-9-7-13(3)8-10-15/h7-10,12,14,16,18H,5-6,11H2,1-4H3. The van der Waals surface area contributed by atoms with Gasteiger partial charge in [-0.15, -0.1) is 0 Å². The number of aryl methyl sites for hydroxylation is 1. The second kappa shape index (κ2) is 6.40. The molecular weight excluding hydrogens is 248 g/mol.